The molecule has 0 spiro atoms. The largest absolute Gasteiger partial charge is 0.486 e. The zero-order valence-corrected chi connectivity index (χ0v) is 12.9. The molecule has 0 unspecified atom stereocenters. The molecule has 0 amide bonds. The number of benzene rings is 1. The Morgan fingerprint density at radius 3 is 2.76 bits per heavy atom. The predicted molar refractivity (Wildman–Crippen MR) is 82.2 cm³/mol. The van der Waals surface area contributed by atoms with Crippen molar-refractivity contribution in [1.29, 1.82) is 0 Å². The van der Waals surface area contributed by atoms with E-state index in [1.807, 2.05) is 0 Å². The van der Waals surface area contributed by atoms with Gasteiger partial charge in [-0.2, -0.15) is 0 Å². The number of aromatic nitrogens is 1. The Morgan fingerprint density at radius 1 is 1.33 bits per heavy atom. The summed E-state index contributed by atoms with van der Waals surface area (Å²) >= 11 is 1.72. The highest BCUT2D eigenvalue weighted by Gasteiger charge is 2.29. The van der Waals surface area contributed by atoms with Crippen molar-refractivity contribution in [2.45, 2.75) is 38.8 Å². The SMILES string of the molecule is CCNCc1sc(COc2ccc(F)cc2)nc1C1CC1. The van der Waals surface area contributed by atoms with Crippen LogP contribution in [0.25, 0.3) is 0 Å². The van der Waals surface area contributed by atoms with Crippen molar-refractivity contribution in [3.63, 3.8) is 0 Å². The first-order valence-electron chi connectivity index (χ1n) is 7.34. The smallest absolute Gasteiger partial charge is 0.140 e. The van der Waals surface area contributed by atoms with Gasteiger partial charge in [-0.25, -0.2) is 9.37 Å². The molecular weight excluding hydrogens is 287 g/mol. The quantitative estimate of drug-likeness (QED) is 0.843. The van der Waals surface area contributed by atoms with Gasteiger partial charge in [-0.05, 0) is 43.7 Å². The van der Waals surface area contributed by atoms with E-state index in [-0.39, 0.29) is 5.82 Å². The predicted octanol–water partition coefficient (Wildman–Crippen LogP) is 3.85. The molecule has 1 aliphatic carbocycles. The average Bonchev–Trinajstić information content (AvgIpc) is 3.26. The standard InChI is InChI=1S/C16H19FN2OS/c1-2-18-9-14-16(11-3-4-11)19-15(21-14)10-20-13-7-5-12(17)6-8-13/h5-8,11,18H,2-4,9-10H2,1H3. The Hall–Kier alpha value is -1.46. The molecule has 0 aliphatic heterocycles. The van der Waals surface area contributed by atoms with Crippen molar-refractivity contribution in [2.75, 3.05) is 6.54 Å². The van der Waals surface area contributed by atoms with Crippen molar-refractivity contribution in [2.24, 2.45) is 0 Å². The maximum atomic E-state index is 12.8. The zero-order valence-electron chi connectivity index (χ0n) is 12.1. The second kappa shape index (κ2) is 6.54. The Morgan fingerprint density at radius 2 is 2.10 bits per heavy atom. The third-order valence-corrected chi connectivity index (χ3v) is 4.49. The Bertz CT molecular complexity index is 593. The molecule has 1 aliphatic rings. The van der Waals surface area contributed by atoms with Gasteiger partial charge < -0.3 is 10.1 Å². The fourth-order valence-electron chi connectivity index (χ4n) is 2.19. The second-order valence-corrected chi connectivity index (χ2v) is 6.38. The van der Waals surface area contributed by atoms with Crippen LogP contribution >= 0.6 is 11.3 Å². The highest BCUT2D eigenvalue weighted by Crippen LogP contribution is 2.42. The third-order valence-electron chi connectivity index (χ3n) is 3.45. The summed E-state index contributed by atoms with van der Waals surface area (Å²) in [6.45, 7) is 4.40. The minimum absolute atomic E-state index is 0.249. The number of nitrogens with zero attached hydrogens (tertiary/aromatic N) is 1. The Labute approximate surface area is 128 Å². The van der Waals surface area contributed by atoms with Crippen LogP contribution in [0, 0.1) is 5.82 Å². The summed E-state index contributed by atoms with van der Waals surface area (Å²) < 4.78 is 18.5. The highest BCUT2D eigenvalue weighted by atomic mass is 32.1. The topological polar surface area (TPSA) is 34.1 Å². The molecule has 21 heavy (non-hydrogen) atoms. The van der Waals surface area contributed by atoms with Crippen molar-refractivity contribution in [1.82, 2.24) is 10.3 Å². The molecule has 3 nitrogen and oxygen atoms in total. The average molecular weight is 306 g/mol. The summed E-state index contributed by atoms with van der Waals surface area (Å²) in [5, 5.41) is 4.36. The lowest BCUT2D eigenvalue weighted by Gasteiger charge is -2.03. The summed E-state index contributed by atoms with van der Waals surface area (Å²) in [4.78, 5) is 6.07. The van der Waals surface area contributed by atoms with Crippen LogP contribution in [0.5, 0.6) is 5.75 Å². The molecule has 1 fully saturated rings. The van der Waals surface area contributed by atoms with Crippen LogP contribution in [0.3, 0.4) is 0 Å². The van der Waals surface area contributed by atoms with Gasteiger partial charge in [0.05, 0.1) is 5.69 Å². The van der Waals surface area contributed by atoms with Gasteiger partial charge in [0.2, 0.25) is 0 Å². The van der Waals surface area contributed by atoms with E-state index < -0.39 is 0 Å². The molecule has 0 radical (unpaired) electrons. The molecule has 0 saturated heterocycles. The van der Waals surface area contributed by atoms with Crippen molar-refractivity contribution in [3.8, 4) is 5.75 Å². The van der Waals surface area contributed by atoms with Gasteiger partial charge >= 0.3 is 0 Å². The lowest BCUT2D eigenvalue weighted by atomic mass is 10.2. The third kappa shape index (κ3) is 3.80. The molecule has 112 valence electrons. The summed E-state index contributed by atoms with van der Waals surface area (Å²) in [5.74, 6) is 1.07. The fourth-order valence-corrected chi connectivity index (χ4v) is 3.23. The summed E-state index contributed by atoms with van der Waals surface area (Å²) in [5.41, 5.74) is 1.25. The normalized spacial score (nSPS) is 14.4. The molecule has 1 saturated carbocycles. The Kier molecular flexibility index (Phi) is 4.51. The van der Waals surface area contributed by atoms with Crippen molar-refractivity contribution in [3.05, 3.63) is 45.7 Å². The van der Waals surface area contributed by atoms with Crippen LogP contribution in [0.1, 0.15) is 41.3 Å². The molecule has 3 rings (SSSR count). The lowest BCUT2D eigenvalue weighted by molar-refractivity contribution is 0.305. The second-order valence-electron chi connectivity index (χ2n) is 5.21. The monoisotopic (exact) mass is 306 g/mol. The minimum atomic E-state index is -0.249. The van der Waals surface area contributed by atoms with E-state index in [0.717, 1.165) is 18.1 Å². The van der Waals surface area contributed by atoms with Crippen molar-refractivity contribution < 1.29 is 9.13 Å². The maximum Gasteiger partial charge on any atom is 0.140 e. The van der Waals surface area contributed by atoms with E-state index in [4.69, 9.17) is 9.72 Å². The van der Waals surface area contributed by atoms with Gasteiger partial charge in [0.25, 0.3) is 0 Å². The van der Waals surface area contributed by atoms with E-state index in [0.29, 0.717) is 18.3 Å². The molecule has 5 heteroatoms. The van der Waals surface area contributed by atoms with Crippen LogP contribution in [-0.4, -0.2) is 11.5 Å². The number of halogens is 1. The van der Waals surface area contributed by atoms with E-state index in [1.54, 1.807) is 23.5 Å². The molecule has 2 aromatic rings. The van der Waals surface area contributed by atoms with Crippen LogP contribution < -0.4 is 10.1 Å². The molecular formula is C16H19FN2OS. The van der Waals surface area contributed by atoms with Gasteiger partial charge in [0.15, 0.2) is 0 Å². The van der Waals surface area contributed by atoms with Crippen LogP contribution in [0.15, 0.2) is 24.3 Å². The first-order chi connectivity index (χ1) is 10.3. The Balaban J connectivity index is 1.65. The molecule has 0 atom stereocenters. The molecule has 1 N–H and O–H groups in total. The number of thiazole rings is 1. The molecule has 1 heterocycles. The molecule has 0 bridgehead atoms. The van der Waals surface area contributed by atoms with E-state index in [2.05, 4.69) is 12.2 Å². The van der Waals surface area contributed by atoms with Crippen molar-refractivity contribution >= 4 is 11.3 Å². The van der Waals surface area contributed by atoms with Gasteiger partial charge in [-0.3, -0.25) is 0 Å². The fraction of sp³-hybridized carbons (Fsp3) is 0.438. The lowest BCUT2D eigenvalue weighted by Crippen LogP contribution is -2.11. The molecule has 1 aromatic carbocycles. The summed E-state index contributed by atoms with van der Waals surface area (Å²) in [6.07, 6.45) is 2.50. The molecule has 1 aromatic heterocycles. The number of hydrogen-bond donors (Lipinski definition) is 1. The number of ether oxygens (including phenoxy) is 1. The highest BCUT2D eigenvalue weighted by molar-refractivity contribution is 7.11. The van der Waals surface area contributed by atoms with Gasteiger partial charge in [-0.1, -0.05) is 6.92 Å². The summed E-state index contributed by atoms with van der Waals surface area (Å²) in [6, 6.07) is 6.10. The number of hydrogen-bond acceptors (Lipinski definition) is 4. The maximum absolute atomic E-state index is 12.8. The van der Waals surface area contributed by atoms with Gasteiger partial charge in [0, 0.05) is 17.3 Å². The first kappa shape index (κ1) is 14.5. The van der Waals surface area contributed by atoms with Crippen LogP contribution in [0.4, 0.5) is 4.39 Å². The van der Waals surface area contributed by atoms with E-state index in [9.17, 15) is 4.39 Å². The van der Waals surface area contributed by atoms with Crippen LogP contribution in [0.2, 0.25) is 0 Å². The van der Waals surface area contributed by atoms with Gasteiger partial charge in [0.1, 0.15) is 23.2 Å². The first-order valence-corrected chi connectivity index (χ1v) is 8.15. The van der Waals surface area contributed by atoms with E-state index in [1.165, 1.54) is 35.5 Å². The summed E-state index contributed by atoms with van der Waals surface area (Å²) in [7, 11) is 0. The number of nitrogens with one attached hydrogen (secondary N) is 1. The van der Waals surface area contributed by atoms with E-state index >= 15 is 0 Å². The zero-order chi connectivity index (χ0) is 14.7. The number of rotatable bonds is 7. The van der Waals surface area contributed by atoms with Gasteiger partial charge in [-0.15, -0.1) is 11.3 Å². The minimum Gasteiger partial charge on any atom is -0.486 e. The van der Waals surface area contributed by atoms with Crippen LogP contribution in [-0.2, 0) is 13.2 Å².